The lowest BCUT2D eigenvalue weighted by atomic mass is 9.99. The molecule has 0 aliphatic heterocycles. The Kier molecular flexibility index (Phi) is 6.42. The Bertz CT molecular complexity index is 2800. The van der Waals surface area contributed by atoms with Crippen LogP contribution in [0.3, 0.4) is 0 Å². The van der Waals surface area contributed by atoms with Crippen LogP contribution in [0.4, 0.5) is 0 Å². The van der Waals surface area contributed by atoms with E-state index in [1.54, 1.807) is 0 Å². The van der Waals surface area contributed by atoms with Crippen molar-refractivity contribution >= 4 is 43.7 Å². The topological polar surface area (TPSA) is 56.7 Å². The minimum absolute atomic E-state index is 0.612. The third-order valence-electron chi connectivity index (χ3n) is 9.45. The number of hydrogen-bond acceptors (Lipinski definition) is 4. The number of nitrogens with zero attached hydrogens (tertiary/aromatic N) is 4. The van der Waals surface area contributed by atoms with Gasteiger partial charge in [0.2, 0.25) is 0 Å². The highest BCUT2D eigenvalue weighted by molar-refractivity contribution is 6.16. The predicted molar refractivity (Wildman–Crippen MR) is 203 cm³/mol. The van der Waals surface area contributed by atoms with Crippen molar-refractivity contribution in [2.45, 2.75) is 0 Å². The summed E-state index contributed by atoms with van der Waals surface area (Å²) in [6, 6.07) is 58.6. The zero-order valence-electron chi connectivity index (χ0n) is 26.9. The summed E-state index contributed by atoms with van der Waals surface area (Å²) in [4.78, 5) is 14.8. The second-order valence-corrected chi connectivity index (χ2v) is 12.5. The highest BCUT2D eigenvalue weighted by Crippen LogP contribution is 2.40. The third kappa shape index (κ3) is 4.60. The minimum Gasteiger partial charge on any atom is -0.456 e. The molecular formula is C45H28N4O. The number of rotatable bonds is 5. The molecule has 0 aliphatic rings. The van der Waals surface area contributed by atoms with Gasteiger partial charge in [0, 0.05) is 43.9 Å². The van der Waals surface area contributed by atoms with Crippen LogP contribution in [0, 0.1) is 0 Å². The Morgan fingerprint density at radius 2 is 0.920 bits per heavy atom. The number of hydrogen-bond donors (Lipinski definition) is 0. The summed E-state index contributed by atoms with van der Waals surface area (Å²) in [6.45, 7) is 0. The van der Waals surface area contributed by atoms with E-state index in [4.69, 9.17) is 19.4 Å². The van der Waals surface area contributed by atoms with Crippen LogP contribution in [0.1, 0.15) is 0 Å². The maximum atomic E-state index is 6.39. The first-order valence-electron chi connectivity index (χ1n) is 16.7. The van der Waals surface area contributed by atoms with E-state index < -0.39 is 0 Å². The van der Waals surface area contributed by atoms with Crippen LogP contribution in [0.25, 0.3) is 94.7 Å². The van der Waals surface area contributed by atoms with Crippen molar-refractivity contribution < 1.29 is 4.42 Å². The van der Waals surface area contributed by atoms with E-state index in [0.29, 0.717) is 17.5 Å². The van der Waals surface area contributed by atoms with Gasteiger partial charge in [0.05, 0.1) is 11.0 Å². The van der Waals surface area contributed by atoms with Crippen molar-refractivity contribution in [1.82, 2.24) is 19.5 Å². The first-order chi connectivity index (χ1) is 24.8. The van der Waals surface area contributed by atoms with Crippen LogP contribution < -0.4 is 0 Å². The number of benzene rings is 7. The van der Waals surface area contributed by atoms with Gasteiger partial charge in [0.15, 0.2) is 17.5 Å². The summed E-state index contributed by atoms with van der Waals surface area (Å²) >= 11 is 0. The van der Waals surface area contributed by atoms with E-state index in [9.17, 15) is 0 Å². The van der Waals surface area contributed by atoms with Crippen molar-refractivity contribution in [1.29, 1.82) is 0 Å². The molecule has 5 heteroatoms. The van der Waals surface area contributed by atoms with Gasteiger partial charge < -0.3 is 8.98 Å². The molecule has 0 saturated heterocycles. The largest absolute Gasteiger partial charge is 0.456 e. The van der Waals surface area contributed by atoms with Crippen molar-refractivity contribution in [2.24, 2.45) is 0 Å². The van der Waals surface area contributed by atoms with Gasteiger partial charge >= 0.3 is 0 Å². The smallest absolute Gasteiger partial charge is 0.164 e. The molecule has 3 heterocycles. The lowest BCUT2D eigenvalue weighted by molar-refractivity contribution is 0.669. The first kappa shape index (κ1) is 28.2. The van der Waals surface area contributed by atoms with Crippen LogP contribution >= 0.6 is 0 Å². The fourth-order valence-electron chi connectivity index (χ4n) is 7.14. The van der Waals surface area contributed by atoms with E-state index in [2.05, 4.69) is 102 Å². The molecule has 0 spiro atoms. The Labute approximate surface area is 287 Å². The standard InChI is InChI=1S/C45H28N4O/c1-4-13-29(14-5-1)34-20-12-22-39-42(34)35-19-10-11-21-38(35)49(39)33-24-26-41-37(28-33)36-27-32(23-25-40(36)50-41)45-47-43(30-15-6-2-7-16-30)46-44(48-45)31-17-8-3-9-18-31/h1-28H. The maximum absolute atomic E-state index is 6.39. The molecule has 3 aromatic heterocycles. The molecule has 0 N–H and O–H groups in total. The van der Waals surface area contributed by atoms with Gasteiger partial charge in [-0.1, -0.05) is 121 Å². The van der Waals surface area contributed by atoms with Crippen molar-refractivity contribution in [2.75, 3.05) is 0 Å². The van der Waals surface area contributed by atoms with E-state index in [1.165, 1.54) is 21.9 Å². The van der Waals surface area contributed by atoms with Crippen LogP contribution in [0.5, 0.6) is 0 Å². The molecule has 10 aromatic rings. The maximum Gasteiger partial charge on any atom is 0.164 e. The number of para-hydroxylation sites is 1. The van der Waals surface area contributed by atoms with E-state index >= 15 is 0 Å². The second-order valence-electron chi connectivity index (χ2n) is 12.5. The molecule has 50 heavy (non-hydrogen) atoms. The minimum atomic E-state index is 0.612. The summed E-state index contributed by atoms with van der Waals surface area (Å²) in [5, 5.41) is 4.50. The van der Waals surface area contributed by atoms with Crippen LogP contribution in [0.2, 0.25) is 0 Å². The average molecular weight is 641 g/mol. The van der Waals surface area contributed by atoms with Crippen LogP contribution in [-0.4, -0.2) is 19.5 Å². The number of furan rings is 1. The van der Waals surface area contributed by atoms with E-state index in [-0.39, 0.29) is 0 Å². The fourth-order valence-corrected chi connectivity index (χ4v) is 7.14. The van der Waals surface area contributed by atoms with Gasteiger partial charge in [-0.3, -0.25) is 0 Å². The summed E-state index contributed by atoms with van der Waals surface area (Å²) in [7, 11) is 0. The fraction of sp³-hybridized carbons (Fsp3) is 0. The summed E-state index contributed by atoms with van der Waals surface area (Å²) in [5.74, 6) is 1.88. The van der Waals surface area contributed by atoms with Crippen molar-refractivity contribution in [3.63, 3.8) is 0 Å². The predicted octanol–water partition coefficient (Wildman–Crippen LogP) is 11.5. The van der Waals surface area contributed by atoms with Gasteiger partial charge in [0.25, 0.3) is 0 Å². The molecule has 0 aliphatic carbocycles. The number of fused-ring (bicyclic) bond motifs is 6. The van der Waals surface area contributed by atoms with Gasteiger partial charge in [-0.25, -0.2) is 15.0 Å². The zero-order chi connectivity index (χ0) is 33.0. The lowest BCUT2D eigenvalue weighted by Crippen LogP contribution is -2.00. The van der Waals surface area contributed by atoms with Gasteiger partial charge in [-0.05, 0) is 59.7 Å². The molecule has 0 saturated carbocycles. The second kappa shape index (κ2) is 11.4. The van der Waals surface area contributed by atoms with Gasteiger partial charge in [-0.15, -0.1) is 0 Å². The van der Waals surface area contributed by atoms with Gasteiger partial charge in [0.1, 0.15) is 11.2 Å². The summed E-state index contributed by atoms with van der Waals surface area (Å²) < 4.78 is 8.76. The number of aromatic nitrogens is 4. The molecule has 0 atom stereocenters. The molecule has 0 amide bonds. The molecule has 0 unspecified atom stereocenters. The molecule has 0 bridgehead atoms. The molecule has 0 radical (unpaired) electrons. The Hall–Kier alpha value is -6.85. The zero-order valence-corrected chi connectivity index (χ0v) is 26.9. The highest BCUT2D eigenvalue weighted by Gasteiger charge is 2.18. The molecule has 10 rings (SSSR count). The quantitative estimate of drug-likeness (QED) is 0.188. The normalized spacial score (nSPS) is 11.6. The van der Waals surface area contributed by atoms with E-state index in [0.717, 1.165) is 55.3 Å². The van der Waals surface area contributed by atoms with Crippen molar-refractivity contribution in [3.8, 4) is 51.0 Å². The summed E-state index contributed by atoms with van der Waals surface area (Å²) in [6.07, 6.45) is 0. The molecule has 7 aromatic carbocycles. The third-order valence-corrected chi connectivity index (χ3v) is 9.45. The molecule has 5 nitrogen and oxygen atoms in total. The van der Waals surface area contributed by atoms with Gasteiger partial charge in [-0.2, -0.15) is 0 Å². The average Bonchev–Trinajstić information content (AvgIpc) is 3.74. The molecule has 0 fully saturated rings. The Morgan fingerprint density at radius 3 is 1.60 bits per heavy atom. The SMILES string of the molecule is c1ccc(-c2nc(-c3ccccc3)nc(-c3ccc4oc5ccc(-n6c7ccccc7c7c(-c8ccccc8)cccc76)cc5c4c3)n2)cc1. The first-order valence-corrected chi connectivity index (χ1v) is 16.7. The summed E-state index contributed by atoms with van der Waals surface area (Å²) in [5.41, 5.74) is 10.2. The van der Waals surface area contributed by atoms with E-state index in [1.807, 2.05) is 72.8 Å². The molecule has 234 valence electrons. The van der Waals surface area contributed by atoms with Crippen LogP contribution in [-0.2, 0) is 0 Å². The monoisotopic (exact) mass is 640 g/mol. The Balaban J connectivity index is 1.16. The van der Waals surface area contributed by atoms with Crippen molar-refractivity contribution in [3.05, 3.63) is 170 Å². The van der Waals surface area contributed by atoms with Crippen LogP contribution in [0.15, 0.2) is 174 Å². The highest BCUT2D eigenvalue weighted by atomic mass is 16.3. The lowest BCUT2D eigenvalue weighted by Gasteiger charge is -2.09. The Morgan fingerprint density at radius 1 is 0.380 bits per heavy atom. The molecular weight excluding hydrogens is 613 g/mol.